The van der Waals surface area contributed by atoms with Crippen molar-refractivity contribution in [2.75, 3.05) is 27.4 Å². The molecular weight excluding hydrogens is 438 g/mol. The molecule has 1 aromatic rings. The summed E-state index contributed by atoms with van der Waals surface area (Å²) >= 11 is 0. The fraction of sp³-hybridized carbons (Fsp3) is 0.500. The van der Waals surface area contributed by atoms with Crippen molar-refractivity contribution in [1.29, 1.82) is 0 Å². The lowest BCUT2D eigenvalue weighted by Gasteiger charge is -2.38. The summed E-state index contributed by atoms with van der Waals surface area (Å²) in [5, 5.41) is 3.24. The van der Waals surface area contributed by atoms with Crippen LogP contribution in [0.2, 0.25) is 0 Å². The highest BCUT2D eigenvalue weighted by Gasteiger charge is 2.47. The Kier molecular flexibility index (Phi) is 8.02. The third kappa shape index (κ3) is 4.67. The molecule has 2 aliphatic rings. The first kappa shape index (κ1) is 25.3. The quantitative estimate of drug-likeness (QED) is 0.453. The van der Waals surface area contributed by atoms with Crippen LogP contribution in [0.25, 0.3) is 0 Å². The van der Waals surface area contributed by atoms with Gasteiger partial charge in [0.05, 0.1) is 33.0 Å². The average Bonchev–Trinajstić information content (AvgIpc) is 2.81. The number of ether oxygens (including phenoxy) is 4. The lowest BCUT2D eigenvalue weighted by molar-refractivity contribution is -0.151. The minimum Gasteiger partial charge on any atom is -0.493 e. The van der Waals surface area contributed by atoms with Gasteiger partial charge >= 0.3 is 11.9 Å². The van der Waals surface area contributed by atoms with E-state index in [-0.39, 0.29) is 18.3 Å². The molecule has 184 valence electrons. The summed E-state index contributed by atoms with van der Waals surface area (Å²) in [6.07, 6.45) is 1.31. The number of ketones is 1. The Labute approximate surface area is 200 Å². The number of allylic oxidation sites excluding steroid dienone is 3. The van der Waals surface area contributed by atoms with Crippen LogP contribution in [0.1, 0.15) is 52.0 Å². The fourth-order valence-corrected chi connectivity index (χ4v) is 4.69. The van der Waals surface area contributed by atoms with Crippen LogP contribution in [-0.2, 0) is 23.9 Å². The van der Waals surface area contributed by atoms with Crippen molar-refractivity contribution in [1.82, 2.24) is 5.32 Å². The van der Waals surface area contributed by atoms with Gasteiger partial charge < -0.3 is 24.3 Å². The molecule has 3 atom stereocenters. The predicted octanol–water partition coefficient (Wildman–Crippen LogP) is 3.66. The highest BCUT2D eigenvalue weighted by Crippen LogP contribution is 2.46. The van der Waals surface area contributed by atoms with Crippen LogP contribution < -0.4 is 14.8 Å². The molecule has 0 spiro atoms. The highest BCUT2D eigenvalue weighted by atomic mass is 16.5. The molecule has 1 aromatic carbocycles. The van der Waals surface area contributed by atoms with E-state index in [4.69, 9.17) is 18.9 Å². The standard InChI is InChI=1S/C26H33NO7/c1-7-11-34-18-10-9-16(13-19(18)31-5)22-21(26(30)33-8-2)15(4)27-17-12-14(3)20(25(29)32-6)24(28)23(17)22/h9-10,13-14,20,22,27H,7-8,11-12H2,1-6H3/t14-,20+,22+/m1/s1. The molecule has 1 aliphatic carbocycles. The monoisotopic (exact) mass is 471 g/mol. The van der Waals surface area contributed by atoms with E-state index in [9.17, 15) is 14.4 Å². The maximum absolute atomic E-state index is 13.7. The minimum atomic E-state index is -0.941. The van der Waals surface area contributed by atoms with E-state index in [0.717, 1.165) is 6.42 Å². The van der Waals surface area contributed by atoms with E-state index in [1.807, 2.05) is 19.9 Å². The summed E-state index contributed by atoms with van der Waals surface area (Å²) in [5.41, 5.74) is 2.70. The second kappa shape index (κ2) is 10.8. The summed E-state index contributed by atoms with van der Waals surface area (Å²) in [4.78, 5) is 39.3. The van der Waals surface area contributed by atoms with Gasteiger partial charge in [0.2, 0.25) is 0 Å². The van der Waals surface area contributed by atoms with Gasteiger partial charge in [-0.2, -0.15) is 0 Å². The minimum absolute atomic E-state index is 0.192. The van der Waals surface area contributed by atoms with Crippen LogP contribution in [-0.4, -0.2) is 45.2 Å². The summed E-state index contributed by atoms with van der Waals surface area (Å²) in [5.74, 6) is -2.29. The van der Waals surface area contributed by atoms with Crippen LogP contribution in [0.15, 0.2) is 40.7 Å². The number of nitrogens with one attached hydrogen (secondary N) is 1. The summed E-state index contributed by atoms with van der Waals surface area (Å²) in [7, 11) is 2.82. The van der Waals surface area contributed by atoms with E-state index in [2.05, 4.69) is 5.32 Å². The maximum atomic E-state index is 13.7. The number of rotatable bonds is 8. The molecule has 0 unspecified atom stereocenters. The molecule has 0 amide bonds. The lowest BCUT2D eigenvalue weighted by Crippen LogP contribution is -2.43. The topological polar surface area (TPSA) is 100 Å². The zero-order valence-electron chi connectivity index (χ0n) is 20.7. The van der Waals surface area contributed by atoms with Crippen LogP contribution in [0.3, 0.4) is 0 Å². The first-order valence-electron chi connectivity index (χ1n) is 11.6. The normalized spacial score (nSPS) is 22.1. The molecule has 0 bridgehead atoms. The van der Waals surface area contributed by atoms with Crippen molar-refractivity contribution in [3.05, 3.63) is 46.3 Å². The molecule has 0 saturated heterocycles. The molecule has 0 radical (unpaired) electrons. The van der Waals surface area contributed by atoms with Crippen molar-refractivity contribution < 1.29 is 33.3 Å². The van der Waals surface area contributed by atoms with Crippen LogP contribution in [0, 0.1) is 11.8 Å². The van der Waals surface area contributed by atoms with Crippen molar-refractivity contribution in [3.63, 3.8) is 0 Å². The van der Waals surface area contributed by atoms with Gasteiger partial charge in [-0.25, -0.2) is 4.79 Å². The molecule has 1 aliphatic heterocycles. The Morgan fingerprint density at radius 1 is 1.15 bits per heavy atom. The number of hydrogen-bond acceptors (Lipinski definition) is 8. The lowest BCUT2D eigenvalue weighted by atomic mass is 9.69. The number of hydrogen-bond donors (Lipinski definition) is 1. The number of esters is 2. The number of benzene rings is 1. The van der Waals surface area contributed by atoms with E-state index < -0.39 is 23.8 Å². The maximum Gasteiger partial charge on any atom is 0.336 e. The summed E-state index contributed by atoms with van der Waals surface area (Å²) < 4.78 is 21.6. The molecule has 3 rings (SSSR count). The molecule has 0 aromatic heterocycles. The van der Waals surface area contributed by atoms with Crippen LogP contribution in [0.4, 0.5) is 0 Å². The molecule has 1 heterocycles. The number of carbonyl (C=O) groups is 3. The zero-order chi connectivity index (χ0) is 25.0. The van der Waals surface area contributed by atoms with Crippen molar-refractivity contribution in [2.45, 2.75) is 46.5 Å². The second-order valence-electron chi connectivity index (χ2n) is 8.51. The van der Waals surface area contributed by atoms with E-state index in [1.165, 1.54) is 7.11 Å². The van der Waals surface area contributed by atoms with Crippen molar-refractivity contribution in [2.24, 2.45) is 11.8 Å². The molecule has 1 N–H and O–H groups in total. The number of dihydropyridines is 1. The average molecular weight is 472 g/mol. The Bertz CT molecular complexity index is 1040. The van der Waals surface area contributed by atoms with Gasteiger partial charge in [-0.3, -0.25) is 9.59 Å². The Morgan fingerprint density at radius 3 is 2.50 bits per heavy atom. The van der Waals surface area contributed by atoms with E-state index >= 15 is 0 Å². The first-order chi connectivity index (χ1) is 16.3. The van der Waals surface area contributed by atoms with E-state index in [0.29, 0.717) is 52.6 Å². The van der Waals surface area contributed by atoms with Gasteiger partial charge in [0, 0.05) is 22.9 Å². The van der Waals surface area contributed by atoms with E-state index in [1.54, 1.807) is 33.1 Å². The molecule has 0 fully saturated rings. The number of Topliss-reactive ketones (excluding diaryl/α,β-unsaturated/α-hetero) is 1. The molecule has 8 nitrogen and oxygen atoms in total. The Balaban J connectivity index is 2.19. The van der Waals surface area contributed by atoms with Gasteiger partial charge in [0.15, 0.2) is 17.3 Å². The molecule has 34 heavy (non-hydrogen) atoms. The van der Waals surface area contributed by atoms with Gasteiger partial charge in [0.1, 0.15) is 5.92 Å². The van der Waals surface area contributed by atoms with Gasteiger partial charge in [-0.1, -0.05) is 19.9 Å². The summed E-state index contributed by atoms with van der Waals surface area (Å²) in [6.45, 7) is 8.10. The SMILES string of the molecule is CCCOc1ccc([C@H]2C(C(=O)OCC)=C(C)NC3=C2C(=O)[C@@H](C(=O)OC)[C@H](C)C3)cc1OC. The largest absolute Gasteiger partial charge is 0.493 e. The van der Waals surface area contributed by atoms with Crippen LogP contribution >= 0.6 is 0 Å². The molecule has 0 saturated carbocycles. The first-order valence-corrected chi connectivity index (χ1v) is 11.6. The van der Waals surface area contributed by atoms with Crippen molar-refractivity contribution >= 4 is 17.7 Å². The number of methoxy groups -OCH3 is 2. The summed E-state index contributed by atoms with van der Waals surface area (Å²) in [6, 6.07) is 5.37. The smallest absolute Gasteiger partial charge is 0.336 e. The molecule has 8 heteroatoms. The Hall–Kier alpha value is -3.29. The zero-order valence-corrected chi connectivity index (χ0v) is 20.7. The van der Waals surface area contributed by atoms with Crippen molar-refractivity contribution in [3.8, 4) is 11.5 Å². The number of carbonyl (C=O) groups excluding carboxylic acids is 3. The van der Waals surface area contributed by atoms with Gasteiger partial charge in [-0.15, -0.1) is 0 Å². The van der Waals surface area contributed by atoms with Gasteiger partial charge in [0.25, 0.3) is 0 Å². The third-order valence-electron chi connectivity index (χ3n) is 6.22. The fourth-order valence-electron chi connectivity index (χ4n) is 4.69. The van der Waals surface area contributed by atoms with Gasteiger partial charge in [-0.05, 0) is 50.3 Å². The Morgan fingerprint density at radius 2 is 1.88 bits per heavy atom. The predicted molar refractivity (Wildman–Crippen MR) is 125 cm³/mol. The highest BCUT2D eigenvalue weighted by molar-refractivity contribution is 6.12. The second-order valence-corrected chi connectivity index (χ2v) is 8.51. The molecular formula is C26H33NO7. The van der Waals surface area contributed by atoms with Crippen LogP contribution in [0.5, 0.6) is 11.5 Å². The third-order valence-corrected chi connectivity index (χ3v) is 6.22.